The highest BCUT2D eigenvalue weighted by Gasteiger charge is 2.34. The van der Waals surface area contributed by atoms with Crippen LogP contribution in [0.1, 0.15) is 31.5 Å². The van der Waals surface area contributed by atoms with Gasteiger partial charge in [0.25, 0.3) is 10.0 Å². The van der Waals surface area contributed by atoms with Crippen LogP contribution in [0.15, 0.2) is 11.2 Å². The second-order valence-corrected chi connectivity index (χ2v) is 7.38. The lowest BCUT2D eigenvalue weighted by Crippen LogP contribution is -2.37. The number of alkyl halides is 1. The molecule has 7 heteroatoms. The summed E-state index contributed by atoms with van der Waals surface area (Å²) < 4.78 is 28.7. The third-order valence-corrected chi connectivity index (χ3v) is 5.79. The van der Waals surface area contributed by atoms with Crippen molar-refractivity contribution in [2.45, 2.75) is 37.6 Å². The van der Waals surface area contributed by atoms with Gasteiger partial charge in [-0.2, -0.15) is 0 Å². The molecule has 1 aromatic rings. The molecule has 1 saturated carbocycles. The average molecular weight is 306 g/mol. The quantitative estimate of drug-likeness (QED) is 0.844. The topological polar surface area (TPSA) is 64.0 Å². The first-order valence-corrected chi connectivity index (χ1v) is 8.46. The molecule has 0 atom stereocenters. The molecule has 0 aromatic carbocycles. The van der Waals surface area contributed by atoms with E-state index >= 15 is 0 Å². The van der Waals surface area contributed by atoms with Crippen LogP contribution in [0.25, 0.3) is 0 Å². The van der Waals surface area contributed by atoms with Crippen molar-refractivity contribution in [3.8, 4) is 0 Å². The Morgan fingerprint density at radius 3 is 2.58 bits per heavy atom. The number of aryl methyl sites for hydroxylation is 2. The molecule has 0 radical (unpaired) electrons. The molecular weight excluding hydrogens is 286 g/mol. The lowest BCUT2D eigenvalue weighted by Gasteiger charge is -2.26. The van der Waals surface area contributed by atoms with Gasteiger partial charge in [0.1, 0.15) is 5.82 Å². The van der Waals surface area contributed by atoms with Crippen LogP contribution >= 0.6 is 11.6 Å². The predicted octanol–water partition coefficient (Wildman–Crippen LogP) is 1.81. The zero-order valence-corrected chi connectivity index (χ0v) is 12.9. The minimum absolute atomic E-state index is 0.0789. The summed E-state index contributed by atoms with van der Waals surface area (Å²) in [5.41, 5.74) is -0.0849. The van der Waals surface area contributed by atoms with Crippen molar-refractivity contribution in [3.05, 3.63) is 12.0 Å². The fraction of sp³-hybridized carbons (Fsp3) is 0.750. The Kier molecular flexibility index (Phi) is 4.23. The van der Waals surface area contributed by atoms with Gasteiger partial charge in [-0.3, -0.25) is 0 Å². The molecular formula is C12H20ClN3O2S. The Hall–Kier alpha value is -0.590. The summed E-state index contributed by atoms with van der Waals surface area (Å²) in [4.78, 5) is 4.06. The van der Waals surface area contributed by atoms with Gasteiger partial charge < -0.3 is 4.57 Å². The number of halogens is 1. The molecule has 0 spiro atoms. The van der Waals surface area contributed by atoms with Crippen molar-refractivity contribution in [2.75, 3.05) is 12.4 Å². The Morgan fingerprint density at radius 2 is 2.11 bits per heavy atom. The first-order chi connectivity index (χ1) is 8.88. The van der Waals surface area contributed by atoms with Crippen molar-refractivity contribution < 1.29 is 8.42 Å². The molecule has 0 bridgehead atoms. The number of nitrogens with zero attached hydrogens (tertiary/aromatic N) is 2. The Bertz CT molecular complexity index is 528. The van der Waals surface area contributed by atoms with Gasteiger partial charge in [0.05, 0.1) is 0 Å². The van der Waals surface area contributed by atoms with E-state index in [1.807, 2.05) is 0 Å². The predicted molar refractivity (Wildman–Crippen MR) is 74.8 cm³/mol. The van der Waals surface area contributed by atoms with E-state index in [4.69, 9.17) is 11.6 Å². The Labute approximate surface area is 119 Å². The van der Waals surface area contributed by atoms with E-state index in [0.29, 0.717) is 18.2 Å². The van der Waals surface area contributed by atoms with Gasteiger partial charge in [0.15, 0.2) is 5.03 Å². The third-order valence-electron chi connectivity index (χ3n) is 3.95. The Morgan fingerprint density at radius 1 is 1.47 bits per heavy atom. The molecule has 1 aliphatic rings. The van der Waals surface area contributed by atoms with E-state index in [2.05, 4.69) is 9.71 Å². The SMILES string of the molecule is Cc1nc(S(=O)(=O)NCC2(CCl)CCCC2)cn1C. The lowest BCUT2D eigenvalue weighted by atomic mass is 9.89. The van der Waals surface area contributed by atoms with Gasteiger partial charge in [0, 0.05) is 25.7 Å². The molecule has 1 heterocycles. The van der Waals surface area contributed by atoms with Gasteiger partial charge in [-0.25, -0.2) is 18.1 Å². The van der Waals surface area contributed by atoms with Crippen molar-refractivity contribution in [2.24, 2.45) is 12.5 Å². The van der Waals surface area contributed by atoms with Crippen LogP contribution in [0.3, 0.4) is 0 Å². The summed E-state index contributed by atoms with van der Waals surface area (Å²) in [6.07, 6.45) is 5.74. The number of hydrogen-bond donors (Lipinski definition) is 1. The second-order valence-electron chi connectivity index (χ2n) is 5.40. The molecule has 19 heavy (non-hydrogen) atoms. The van der Waals surface area contributed by atoms with Crippen molar-refractivity contribution >= 4 is 21.6 Å². The van der Waals surface area contributed by atoms with E-state index in [1.54, 1.807) is 18.5 Å². The molecule has 1 aliphatic carbocycles. The molecule has 1 N–H and O–H groups in total. The van der Waals surface area contributed by atoms with Crippen LogP contribution in [-0.2, 0) is 17.1 Å². The number of nitrogens with one attached hydrogen (secondary N) is 1. The van der Waals surface area contributed by atoms with Crippen LogP contribution in [0.2, 0.25) is 0 Å². The fourth-order valence-corrected chi connectivity index (χ4v) is 4.02. The van der Waals surface area contributed by atoms with E-state index < -0.39 is 10.0 Å². The lowest BCUT2D eigenvalue weighted by molar-refractivity contribution is 0.342. The van der Waals surface area contributed by atoms with Gasteiger partial charge in [0.2, 0.25) is 0 Å². The summed E-state index contributed by atoms with van der Waals surface area (Å²) in [6.45, 7) is 2.17. The normalized spacial score (nSPS) is 18.9. The number of hydrogen-bond acceptors (Lipinski definition) is 3. The smallest absolute Gasteiger partial charge is 0.259 e. The van der Waals surface area contributed by atoms with Crippen molar-refractivity contribution in [1.82, 2.24) is 14.3 Å². The number of imidazole rings is 1. The number of sulfonamides is 1. The first-order valence-electron chi connectivity index (χ1n) is 6.44. The van der Waals surface area contributed by atoms with Crippen molar-refractivity contribution in [3.63, 3.8) is 0 Å². The maximum Gasteiger partial charge on any atom is 0.259 e. The van der Waals surface area contributed by atoms with Crippen LogP contribution in [-0.4, -0.2) is 30.4 Å². The molecule has 108 valence electrons. The highest BCUT2D eigenvalue weighted by molar-refractivity contribution is 7.89. The van der Waals surface area contributed by atoms with Gasteiger partial charge >= 0.3 is 0 Å². The second kappa shape index (κ2) is 5.42. The monoisotopic (exact) mass is 305 g/mol. The van der Waals surface area contributed by atoms with Crippen LogP contribution in [0, 0.1) is 12.3 Å². The molecule has 5 nitrogen and oxygen atoms in total. The maximum atomic E-state index is 12.2. The van der Waals surface area contributed by atoms with Crippen molar-refractivity contribution in [1.29, 1.82) is 0 Å². The molecule has 0 amide bonds. The zero-order chi connectivity index (χ0) is 14.1. The number of rotatable bonds is 5. The van der Waals surface area contributed by atoms with E-state index in [-0.39, 0.29) is 10.4 Å². The van der Waals surface area contributed by atoms with Gasteiger partial charge in [-0.05, 0) is 25.2 Å². The highest BCUT2D eigenvalue weighted by Crippen LogP contribution is 2.38. The highest BCUT2D eigenvalue weighted by atomic mass is 35.5. The van der Waals surface area contributed by atoms with Crippen LogP contribution in [0.5, 0.6) is 0 Å². The first kappa shape index (κ1) is 14.8. The molecule has 0 aliphatic heterocycles. The summed E-state index contributed by atoms with van der Waals surface area (Å²) >= 11 is 6.01. The average Bonchev–Trinajstić information content (AvgIpc) is 2.96. The van der Waals surface area contributed by atoms with Gasteiger partial charge in [-0.15, -0.1) is 11.6 Å². The largest absolute Gasteiger partial charge is 0.337 e. The summed E-state index contributed by atoms with van der Waals surface area (Å²) in [5.74, 6) is 1.17. The minimum Gasteiger partial charge on any atom is -0.337 e. The summed E-state index contributed by atoms with van der Waals surface area (Å²) in [5, 5.41) is 0.0789. The summed E-state index contributed by atoms with van der Waals surface area (Å²) in [7, 11) is -1.76. The molecule has 0 unspecified atom stereocenters. The van der Waals surface area contributed by atoms with E-state index in [9.17, 15) is 8.42 Å². The molecule has 1 aromatic heterocycles. The minimum atomic E-state index is -3.54. The maximum absolute atomic E-state index is 12.2. The Balaban J connectivity index is 2.09. The van der Waals surface area contributed by atoms with E-state index in [0.717, 1.165) is 25.7 Å². The van der Waals surface area contributed by atoms with Gasteiger partial charge in [-0.1, -0.05) is 12.8 Å². The summed E-state index contributed by atoms with van der Waals surface area (Å²) in [6, 6.07) is 0. The molecule has 1 fully saturated rings. The fourth-order valence-electron chi connectivity index (χ4n) is 2.46. The third kappa shape index (κ3) is 3.12. The number of aromatic nitrogens is 2. The zero-order valence-electron chi connectivity index (χ0n) is 11.3. The molecule has 2 rings (SSSR count). The van der Waals surface area contributed by atoms with E-state index in [1.165, 1.54) is 6.20 Å². The van der Waals surface area contributed by atoms with Crippen LogP contribution < -0.4 is 4.72 Å². The molecule has 0 saturated heterocycles. The van der Waals surface area contributed by atoms with Crippen LogP contribution in [0.4, 0.5) is 0 Å². The standard InChI is InChI=1S/C12H20ClN3O2S/c1-10-15-11(7-16(10)2)19(17,18)14-9-12(8-13)5-3-4-6-12/h7,14H,3-6,8-9H2,1-2H3.